The van der Waals surface area contributed by atoms with Crippen LogP contribution in [0.3, 0.4) is 0 Å². The summed E-state index contributed by atoms with van der Waals surface area (Å²) >= 11 is 1.42. The number of nitrogens with zero attached hydrogens (tertiary/aromatic N) is 3. The number of hydrogen-bond acceptors (Lipinski definition) is 3. The molecule has 1 aromatic heterocycles. The quantitative estimate of drug-likeness (QED) is 0.594. The van der Waals surface area contributed by atoms with Crippen molar-refractivity contribution in [2.45, 2.75) is 13.5 Å². The topological polar surface area (TPSA) is 46.7 Å². The molecule has 0 fully saturated rings. The molecule has 0 N–H and O–H groups in total. The Hall–Kier alpha value is -1.75. The van der Waals surface area contributed by atoms with Crippen LogP contribution in [-0.4, -0.2) is 4.57 Å². The van der Waals surface area contributed by atoms with Crippen LogP contribution in [0.25, 0.3) is 11.3 Å². The van der Waals surface area contributed by atoms with Crippen LogP contribution in [-0.2, 0) is 6.54 Å². The smallest absolute Gasteiger partial charge is 0.214 e. The lowest BCUT2D eigenvalue weighted by atomic mass is 10.2. The van der Waals surface area contributed by atoms with Crippen molar-refractivity contribution in [1.82, 2.24) is 4.57 Å². The fourth-order valence-electron chi connectivity index (χ4n) is 1.59. The highest BCUT2D eigenvalue weighted by Crippen LogP contribution is 2.19. The van der Waals surface area contributed by atoms with Gasteiger partial charge in [-0.1, -0.05) is 35.4 Å². The Bertz CT molecular complexity index is 542. The summed E-state index contributed by atoms with van der Waals surface area (Å²) in [6.07, 6.45) is 0. The van der Waals surface area contributed by atoms with Crippen LogP contribution in [0, 0.1) is 4.91 Å². The van der Waals surface area contributed by atoms with Gasteiger partial charge in [-0.2, -0.15) is 0 Å². The lowest BCUT2D eigenvalue weighted by Gasteiger charge is -2.04. The Morgan fingerprint density at radius 2 is 2.06 bits per heavy atom. The first-order chi connectivity index (χ1) is 7.86. The molecule has 2 rings (SSSR count). The number of thiazole rings is 1. The molecular formula is C11H11N3OS. The van der Waals surface area contributed by atoms with Crippen molar-refractivity contribution in [3.63, 3.8) is 0 Å². The van der Waals surface area contributed by atoms with E-state index in [1.54, 1.807) is 0 Å². The second-order valence-electron chi connectivity index (χ2n) is 3.20. The van der Waals surface area contributed by atoms with E-state index in [2.05, 4.69) is 10.4 Å². The molecule has 0 spiro atoms. The number of hydrogen-bond donors (Lipinski definition) is 0. The van der Waals surface area contributed by atoms with Gasteiger partial charge >= 0.3 is 0 Å². The maximum atomic E-state index is 10.2. The average Bonchev–Trinajstić information content (AvgIpc) is 2.73. The Balaban J connectivity index is 2.59. The second kappa shape index (κ2) is 4.85. The maximum Gasteiger partial charge on any atom is 0.214 e. The van der Waals surface area contributed by atoms with Gasteiger partial charge in [-0.05, 0) is 12.5 Å². The highest BCUT2D eigenvalue weighted by molar-refractivity contribution is 7.07. The summed E-state index contributed by atoms with van der Waals surface area (Å²) in [6.45, 7) is 2.78. The zero-order chi connectivity index (χ0) is 11.4. The van der Waals surface area contributed by atoms with E-state index in [4.69, 9.17) is 0 Å². The number of benzene rings is 1. The fraction of sp³-hybridized carbons (Fsp3) is 0.182. The normalized spacial score (nSPS) is 11.7. The van der Waals surface area contributed by atoms with Crippen molar-refractivity contribution in [3.05, 3.63) is 45.4 Å². The maximum absolute atomic E-state index is 10.2. The van der Waals surface area contributed by atoms with Gasteiger partial charge in [0.25, 0.3) is 0 Å². The van der Waals surface area contributed by atoms with Crippen LogP contribution < -0.4 is 4.80 Å². The third kappa shape index (κ3) is 1.94. The van der Waals surface area contributed by atoms with Crippen LogP contribution in [0.4, 0.5) is 0 Å². The summed E-state index contributed by atoms with van der Waals surface area (Å²) in [5, 5.41) is 8.15. The molecule has 4 nitrogen and oxygen atoms in total. The SMILES string of the molecule is CCn1c(-c2ccccc2)cs/c1=N\N=O. The first-order valence-corrected chi connectivity index (χ1v) is 5.85. The van der Waals surface area contributed by atoms with Gasteiger partial charge in [0.15, 0.2) is 0 Å². The fourth-order valence-corrected chi connectivity index (χ4v) is 2.51. The Morgan fingerprint density at radius 3 is 2.69 bits per heavy atom. The summed E-state index contributed by atoms with van der Waals surface area (Å²) in [5.74, 6) is 0. The second-order valence-corrected chi connectivity index (χ2v) is 4.03. The molecular weight excluding hydrogens is 222 g/mol. The minimum atomic E-state index is 0.636. The van der Waals surface area contributed by atoms with Crippen LogP contribution in [0.5, 0.6) is 0 Å². The molecule has 5 heteroatoms. The average molecular weight is 233 g/mol. The number of aromatic nitrogens is 1. The summed E-state index contributed by atoms with van der Waals surface area (Å²) in [5.41, 5.74) is 2.18. The van der Waals surface area contributed by atoms with Gasteiger partial charge in [0.1, 0.15) is 0 Å². The van der Waals surface area contributed by atoms with Crippen molar-refractivity contribution in [2.75, 3.05) is 0 Å². The minimum absolute atomic E-state index is 0.636. The third-order valence-electron chi connectivity index (χ3n) is 2.31. The van der Waals surface area contributed by atoms with E-state index in [1.807, 2.05) is 47.2 Å². The van der Waals surface area contributed by atoms with Gasteiger partial charge < -0.3 is 4.57 Å². The first kappa shape index (κ1) is 10.8. The monoisotopic (exact) mass is 233 g/mol. The van der Waals surface area contributed by atoms with Gasteiger partial charge in [-0.3, -0.25) is 0 Å². The summed E-state index contributed by atoms with van der Waals surface area (Å²) in [7, 11) is 0. The predicted molar refractivity (Wildman–Crippen MR) is 64.8 cm³/mol. The van der Waals surface area contributed by atoms with E-state index in [0.717, 1.165) is 17.8 Å². The lowest BCUT2D eigenvalue weighted by Crippen LogP contribution is -2.13. The van der Waals surface area contributed by atoms with Gasteiger partial charge in [-0.15, -0.1) is 16.2 Å². The lowest BCUT2D eigenvalue weighted by molar-refractivity contribution is 0.736. The molecule has 0 aliphatic carbocycles. The highest BCUT2D eigenvalue weighted by atomic mass is 32.1. The van der Waals surface area contributed by atoms with E-state index < -0.39 is 0 Å². The molecule has 0 radical (unpaired) electrons. The molecule has 0 saturated heterocycles. The van der Waals surface area contributed by atoms with Crippen LogP contribution in [0.1, 0.15) is 6.92 Å². The molecule has 1 heterocycles. The number of nitroso groups, excluding NO2 is 1. The Kier molecular flexibility index (Phi) is 3.26. The summed E-state index contributed by atoms with van der Waals surface area (Å²) < 4.78 is 1.97. The molecule has 2 aromatic rings. The van der Waals surface area contributed by atoms with E-state index in [0.29, 0.717) is 4.80 Å². The van der Waals surface area contributed by atoms with E-state index in [9.17, 15) is 4.91 Å². The molecule has 0 aliphatic rings. The van der Waals surface area contributed by atoms with E-state index in [-0.39, 0.29) is 0 Å². The molecule has 0 bridgehead atoms. The van der Waals surface area contributed by atoms with Gasteiger partial charge in [0.05, 0.1) is 11.0 Å². The highest BCUT2D eigenvalue weighted by Gasteiger charge is 2.05. The van der Waals surface area contributed by atoms with Crippen molar-refractivity contribution < 1.29 is 0 Å². The molecule has 0 saturated carbocycles. The molecule has 0 aliphatic heterocycles. The number of rotatable bonds is 3. The molecule has 0 atom stereocenters. The van der Waals surface area contributed by atoms with E-state index >= 15 is 0 Å². The van der Waals surface area contributed by atoms with Gasteiger partial charge in [0, 0.05) is 11.9 Å². The minimum Gasteiger partial charge on any atom is -0.315 e. The molecule has 0 amide bonds. The van der Waals surface area contributed by atoms with Crippen molar-refractivity contribution in [3.8, 4) is 11.3 Å². The Morgan fingerprint density at radius 1 is 1.31 bits per heavy atom. The molecule has 16 heavy (non-hydrogen) atoms. The predicted octanol–water partition coefficient (Wildman–Crippen LogP) is 2.82. The van der Waals surface area contributed by atoms with Crippen molar-refractivity contribution in [2.24, 2.45) is 10.4 Å². The standard InChI is InChI=1S/C11H11N3OS/c1-2-14-10(8-16-11(14)12-13-15)9-6-4-3-5-7-9/h3-8H,2H2,1H3/b12-11-. The van der Waals surface area contributed by atoms with E-state index in [1.165, 1.54) is 11.3 Å². The van der Waals surface area contributed by atoms with Gasteiger partial charge in [0.2, 0.25) is 4.80 Å². The molecule has 1 aromatic carbocycles. The summed E-state index contributed by atoms with van der Waals surface area (Å²) in [4.78, 5) is 10.8. The summed E-state index contributed by atoms with van der Waals surface area (Å²) in [6, 6.07) is 10.0. The van der Waals surface area contributed by atoms with Crippen molar-refractivity contribution in [1.29, 1.82) is 0 Å². The first-order valence-electron chi connectivity index (χ1n) is 4.97. The zero-order valence-electron chi connectivity index (χ0n) is 8.83. The third-order valence-corrected chi connectivity index (χ3v) is 3.16. The molecule has 0 unspecified atom stereocenters. The largest absolute Gasteiger partial charge is 0.315 e. The van der Waals surface area contributed by atoms with Crippen LogP contribution >= 0.6 is 11.3 Å². The van der Waals surface area contributed by atoms with Crippen molar-refractivity contribution >= 4 is 11.3 Å². The van der Waals surface area contributed by atoms with Crippen LogP contribution in [0.2, 0.25) is 0 Å². The van der Waals surface area contributed by atoms with Gasteiger partial charge in [-0.25, -0.2) is 0 Å². The molecule has 82 valence electrons. The Labute approximate surface area is 96.8 Å². The van der Waals surface area contributed by atoms with Crippen LogP contribution in [0.15, 0.2) is 46.1 Å². The zero-order valence-corrected chi connectivity index (χ0v) is 9.65.